The number of rotatable bonds is 1. The number of carbonyl (C=O) groups is 1. The van der Waals surface area contributed by atoms with Crippen molar-refractivity contribution >= 4 is 18.2 Å². The van der Waals surface area contributed by atoms with Crippen LogP contribution in [0.4, 0.5) is 0 Å². The van der Waals surface area contributed by atoms with Crippen molar-refractivity contribution in [1.29, 1.82) is 0 Å². The van der Waals surface area contributed by atoms with Crippen LogP contribution in [0.25, 0.3) is 0 Å². The van der Waals surface area contributed by atoms with Crippen LogP contribution in [-0.2, 0) is 4.79 Å². The second-order valence-corrected chi connectivity index (χ2v) is 4.48. The van der Waals surface area contributed by atoms with E-state index in [-0.39, 0.29) is 12.4 Å². The first-order chi connectivity index (χ1) is 6.36. The van der Waals surface area contributed by atoms with E-state index in [0.29, 0.717) is 18.4 Å². The van der Waals surface area contributed by atoms with Gasteiger partial charge in [-0.2, -0.15) is 0 Å². The van der Waals surface area contributed by atoms with Crippen molar-refractivity contribution < 1.29 is 4.79 Å². The maximum atomic E-state index is 11.1. The van der Waals surface area contributed by atoms with Gasteiger partial charge in [-0.05, 0) is 18.8 Å². The molecule has 2 nitrogen and oxygen atoms in total. The van der Waals surface area contributed by atoms with Crippen LogP contribution in [0.3, 0.4) is 0 Å². The highest BCUT2D eigenvalue weighted by Gasteiger charge is 2.28. The van der Waals surface area contributed by atoms with Crippen molar-refractivity contribution in [1.82, 2.24) is 5.32 Å². The Labute approximate surface area is 92.2 Å². The largest absolute Gasteiger partial charge is 0.306 e. The molecule has 0 aromatic carbocycles. The molecule has 0 aromatic rings. The zero-order chi connectivity index (χ0) is 9.10. The fraction of sp³-hybridized carbons (Fsp3) is 0.909. The number of hydrogen-bond acceptors (Lipinski definition) is 2. The Morgan fingerprint density at radius 2 is 1.71 bits per heavy atom. The Morgan fingerprint density at radius 1 is 1.07 bits per heavy atom. The molecular formula is C11H20ClNO. The van der Waals surface area contributed by atoms with Gasteiger partial charge < -0.3 is 5.32 Å². The zero-order valence-electron chi connectivity index (χ0n) is 8.63. The molecule has 82 valence electrons. The minimum Gasteiger partial charge on any atom is -0.306 e. The zero-order valence-corrected chi connectivity index (χ0v) is 9.44. The normalized spacial score (nSPS) is 29.7. The van der Waals surface area contributed by atoms with Gasteiger partial charge in [0.05, 0.1) is 6.54 Å². The maximum Gasteiger partial charge on any atom is 0.148 e. The Hall–Kier alpha value is -0.0800. The van der Waals surface area contributed by atoms with Crippen molar-refractivity contribution in [2.24, 2.45) is 5.92 Å². The molecule has 1 atom stereocenters. The molecule has 1 aliphatic heterocycles. The van der Waals surface area contributed by atoms with Gasteiger partial charge >= 0.3 is 0 Å². The first-order valence-electron chi connectivity index (χ1n) is 5.61. The average Bonchev–Trinajstić information content (AvgIpc) is 2.43. The predicted octanol–water partition coefficient (Wildman–Crippen LogP) is 2.31. The predicted molar refractivity (Wildman–Crippen MR) is 59.9 cm³/mol. The van der Waals surface area contributed by atoms with Crippen LogP contribution in [0.5, 0.6) is 0 Å². The molecule has 1 heterocycles. The fourth-order valence-corrected chi connectivity index (χ4v) is 2.68. The molecule has 1 saturated heterocycles. The van der Waals surface area contributed by atoms with Crippen LogP contribution in [-0.4, -0.2) is 18.4 Å². The van der Waals surface area contributed by atoms with Crippen molar-refractivity contribution in [3.05, 3.63) is 0 Å². The molecule has 0 bridgehead atoms. The van der Waals surface area contributed by atoms with Gasteiger partial charge in [0.25, 0.3) is 0 Å². The van der Waals surface area contributed by atoms with E-state index in [4.69, 9.17) is 0 Å². The number of Topliss-reactive ketones (excluding diaryl/α,β-unsaturated/α-hetero) is 1. The minimum atomic E-state index is 0. The van der Waals surface area contributed by atoms with Crippen LogP contribution < -0.4 is 5.32 Å². The van der Waals surface area contributed by atoms with E-state index in [0.717, 1.165) is 12.3 Å². The summed E-state index contributed by atoms with van der Waals surface area (Å²) in [6.45, 7) is 0.626. The summed E-state index contributed by atoms with van der Waals surface area (Å²) in [5.74, 6) is 1.20. The molecule has 1 saturated carbocycles. The van der Waals surface area contributed by atoms with Gasteiger partial charge in [0, 0.05) is 12.5 Å². The highest BCUT2D eigenvalue weighted by atomic mass is 35.5. The number of halogens is 1. The third-order valence-corrected chi connectivity index (χ3v) is 3.48. The standard InChI is InChI=1S/C11H19NO.ClH/c13-10-7-11(12-8-10)9-5-3-1-2-4-6-9;/h9,11-12H,1-8H2;1H. The molecule has 3 heteroatoms. The highest BCUT2D eigenvalue weighted by molar-refractivity contribution is 5.85. The molecule has 0 radical (unpaired) electrons. The SMILES string of the molecule is Cl.O=C1CNC(C2CCCCCC2)C1. The lowest BCUT2D eigenvalue weighted by molar-refractivity contribution is -0.116. The molecular weight excluding hydrogens is 198 g/mol. The second kappa shape index (κ2) is 5.72. The van der Waals surface area contributed by atoms with E-state index in [1.54, 1.807) is 0 Å². The summed E-state index contributed by atoms with van der Waals surface area (Å²) in [5, 5.41) is 3.35. The van der Waals surface area contributed by atoms with Crippen molar-refractivity contribution in [2.75, 3.05) is 6.54 Å². The smallest absolute Gasteiger partial charge is 0.148 e. The van der Waals surface area contributed by atoms with Gasteiger partial charge in [0.2, 0.25) is 0 Å². The third kappa shape index (κ3) is 2.96. The molecule has 2 aliphatic rings. The van der Waals surface area contributed by atoms with E-state index >= 15 is 0 Å². The lowest BCUT2D eigenvalue weighted by Gasteiger charge is -2.20. The molecule has 2 rings (SSSR count). The number of hydrogen-bond donors (Lipinski definition) is 1. The molecule has 2 fully saturated rings. The van der Waals surface area contributed by atoms with Crippen molar-refractivity contribution in [3.8, 4) is 0 Å². The molecule has 0 amide bonds. The van der Waals surface area contributed by atoms with Gasteiger partial charge in [-0.25, -0.2) is 0 Å². The van der Waals surface area contributed by atoms with E-state index in [9.17, 15) is 4.79 Å². The van der Waals surface area contributed by atoms with E-state index in [1.807, 2.05) is 0 Å². The van der Waals surface area contributed by atoms with Crippen LogP contribution >= 0.6 is 12.4 Å². The van der Waals surface area contributed by atoms with Crippen molar-refractivity contribution in [2.45, 2.75) is 51.0 Å². The number of nitrogens with one attached hydrogen (secondary N) is 1. The quantitative estimate of drug-likeness (QED) is 0.683. The van der Waals surface area contributed by atoms with Crippen LogP contribution in [0.2, 0.25) is 0 Å². The lowest BCUT2D eigenvalue weighted by atomic mass is 9.91. The van der Waals surface area contributed by atoms with Crippen molar-refractivity contribution in [3.63, 3.8) is 0 Å². The first kappa shape index (κ1) is 12.0. The highest BCUT2D eigenvalue weighted by Crippen LogP contribution is 2.28. The molecule has 1 aliphatic carbocycles. The monoisotopic (exact) mass is 217 g/mol. The Kier molecular flexibility index (Phi) is 4.90. The van der Waals surface area contributed by atoms with Gasteiger partial charge in [0.1, 0.15) is 5.78 Å². The minimum absolute atomic E-state index is 0. The lowest BCUT2D eigenvalue weighted by Crippen LogP contribution is -2.30. The topological polar surface area (TPSA) is 29.1 Å². The van der Waals surface area contributed by atoms with Gasteiger partial charge in [-0.1, -0.05) is 25.7 Å². The molecule has 1 N–H and O–H groups in total. The summed E-state index contributed by atoms with van der Waals surface area (Å²) in [7, 11) is 0. The van der Waals surface area contributed by atoms with E-state index in [2.05, 4.69) is 5.32 Å². The van der Waals surface area contributed by atoms with Crippen LogP contribution in [0.15, 0.2) is 0 Å². The van der Waals surface area contributed by atoms with Gasteiger partial charge in [-0.15, -0.1) is 12.4 Å². The average molecular weight is 218 g/mol. The summed E-state index contributed by atoms with van der Waals surface area (Å²) < 4.78 is 0. The summed E-state index contributed by atoms with van der Waals surface area (Å²) in [4.78, 5) is 11.1. The number of carbonyl (C=O) groups excluding carboxylic acids is 1. The second-order valence-electron chi connectivity index (χ2n) is 4.48. The van der Waals surface area contributed by atoms with Crippen LogP contribution in [0, 0.1) is 5.92 Å². The Bertz CT molecular complexity index is 188. The van der Waals surface area contributed by atoms with Gasteiger partial charge in [0.15, 0.2) is 0 Å². The fourth-order valence-electron chi connectivity index (χ4n) is 2.68. The Morgan fingerprint density at radius 3 is 2.21 bits per heavy atom. The third-order valence-electron chi connectivity index (χ3n) is 3.48. The molecule has 0 spiro atoms. The maximum absolute atomic E-state index is 11.1. The number of ketones is 1. The molecule has 14 heavy (non-hydrogen) atoms. The van der Waals surface area contributed by atoms with Gasteiger partial charge in [-0.3, -0.25) is 4.79 Å². The molecule has 0 aromatic heterocycles. The summed E-state index contributed by atoms with van der Waals surface area (Å²) in [6, 6.07) is 0.519. The molecule has 1 unspecified atom stereocenters. The summed E-state index contributed by atoms with van der Waals surface area (Å²) >= 11 is 0. The van der Waals surface area contributed by atoms with E-state index < -0.39 is 0 Å². The summed E-state index contributed by atoms with van der Waals surface area (Å²) in [5.41, 5.74) is 0. The van der Waals surface area contributed by atoms with E-state index in [1.165, 1.54) is 38.5 Å². The Balaban J connectivity index is 0.000000980. The first-order valence-corrected chi connectivity index (χ1v) is 5.61. The van der Waals surface area contributed by atoms with Crippen LogP contribution in [0.1, 0.15) is 44.9 Å². The summed E-state index contributed by atoms with van der Waals surface area (Å²) in [6.07, 6.45) is 9.02.